The molecular formula is C18H16N4O. The molecule has 114 valence electrons. The number of hydrogen-bond acceptors (Lipinski definition) is 4. The highest BCUT2D eigenvalue weighted by atomic mass is 16.5. The standard InChI is InChI=1S/C18H16N4O/c1-22-9-5-7-16(22)13-10-15(21-18(20)14(13)11-19)12-6-3-4-8-17(12)23-2/h3-10H,1-2H3,(H2,20,21). The molecule has 0 fully saturated rings. The van der Waals surface area contributed by atoms with E-state index >= 15 is 0 Å². The summed E-state index contributed by atoms with van der Waals surface area (Å²) in [6, 6.07) is 15.5. The topological polar surface area (TPSA) is 76.9 Å². The van der Waals surface area contributed by atoms with Crippen LogP contribution < -0.4 is 10.5 Å². The van der Waals surface area contributed by atoms with Gasteiger partial charge in [-0.1, -0.05) is 12.1 Å². The summed E-state index contributed by atoms with van der Waals surface area (Å²) in [5.41, 5.74) is 9.59. The number of methoxy groups -OCH3 is 1. The molecule has 3 rings (SSSR count). The number of nitrogens with two attached hydrogens (primary N) is 1. The van der Waals surface area contributed by atoms with Gasteiger partial charge in [0.1, 0.15) is 23.2 Å². The summed E-state index contributed by atoms with van der Waals surface area (Å²) in [5.74, 6) is 0.925. The van der Waals surface area contributed by atoms with Crippen LogP contribution in [0.2, 0.25) is 0 Å². The largest absolute Gasteiger partial charge is 0.496 e. The van der Waals surface area contributed by atoms with Crippen LogP contribution in [-0.4, -0.2) is 16.7 Å². The van der Waals surface area contributed by atoms with Crippen LogP contribution in [0.5, 0.6) is 5.75 Å². The molecule has 0 spiro atoms. The number of nitriles is 1. The summed E-state index contributed by atoms with van der Waals surface area (Å²) in [5, 5.41) is 9.45. The highest BCUT2D eigenvalue weighted by molar-refractivity contribution is 5.80. The average Bonchev–Trinajstić information content (AvgIpc) is 3.00. The summed E-state index contributed by atoms with van der Waals surface area (Å²) in [7, 11) is 3.54. The van der Waals surface area contributed by atoms with Gasteiger partial charge in [0, 0.05) is 30.1 Å². The minimum Gasteiger partial charge on any atom is -0.496 e. The molecule has 3 aromatic rings. The Morgan fingerprint density at radius 2 is 1.96 bits per heavy atom. The predicted molar refractivity (Wildman–Crippen MR) is 89.8 cm³/mol. The normalized spacial score (nSPS) is 10.3. The molecule has 2 heterocycles. The van der Waals surface area contributed by atoms with Gasteiger partial charge in [-0.15, -0.1) is 0 Å². The highest BCUT2D eigenvalue weighted by Gasteiger charge is 2.16. The third-order valence-electron chi connectivity index (χ3n) is 3.76. The number of aryl methyl sites for hydroxylation is 1. The Hall–Kier alpha value is -3.26. The number of anilines is 1. The van der Waals surface area contributed by atoms with Crippen molar-refractivity contribution in [2.24, 2.45) is 7.05 Å². The number of hydrogen-bond donors (Lipinski definition) is 1. The Bertz CT molecular complexity index is 906. The van der Waals surface area contributed by atoms with E-state index in [1.807, 2.05) is 60.3 Å². The fourth-order valence-corrected chi connectivity index (χ4v) is 2.62. The van der Waals surface area contributed by atoms with Gasteiger partial charge in [-0.05, 0) is 30.3 Å². The molecule has 2 N–H and O–H groups in total. The SMILES string of the molecule is COc1ccccc1-c1cc(-c2cccn2C)c(C#N)c(N)n1. The summed E-state index contributed by atoms with van der Waals surface area (Å²) in [4.78, 5) is 4.39. The van der Waals surface area contributed by atoms with Crippen molar-refractivity contribution in [1.29, 1.82) is 5.26 Å². The molecule has 2 aromatic heterocycles. The molecule has 0 unspecified atom stereocenters. The highest BCUT2D eigenvalue weighted by Crippen LogP contribution is 2.34. The average molecular weight is 304 g/mol. The molecule has 0 aliphatic rings. The van der Waals surface area contributed by atoms with Gasteiger partial charge in [0.15, 0.2) is 0 Å². The number of aromatic nitrogens is 2. The quantitative estimate of drug-likeness (QED) is 0.806. The number of rotatable bonds is 3. The van der Waals surface area contributed by atoms with Crippen LogP contribution in [0.25, 0.3) is 22.5 Å². The lowest BCUT2D eigenvalue weighted by Crippen LogP contribution is -2.02. The zero-order valence-corrected chi connectivity index (χ0v) is 12.9. The first-order valence-corrected chi connectivity index (χ1v) is 7.11. The molecule has 0 aliphatic carbocycles. The van der Waals surface area contributed by atoms with E-state index in [1.165, 1.54) is 0 Å². The number of nitrogens with zero attached hydrogens (tertiary/aromatic N) is 3. The van der Waals surface area contributed by atoms with Crippen LogP contribution in [0.4, 0.5) is 5.82 Å². The molecule has 1 aromatic carbocycles. The van der Waals surface area contributed by atoms with Crippen LogP contribution in [-0.2, 0) is 7.05 Å². The number of para-hydroxylation sites is 1. The molecule has 0 radical (unpaired) electrons. The lowest BCUT2D eigenvalue weighted by Gasteiger charge is -2.13. The van der Waals surface area contributed by atoms with E-state index < -0.39 is 0 Å². The van der Waals surface area contributed by atoms with Crippen molar-refractivity contribution < 1.29 is 4.74 Å². The van der Waals surface area contributed by atoms with E-state index in [0.717, 1.165) is 16.8 Å². The van der Waals surface area contributed by atoms with Gasteiger partial charge in [-0.3, -0.25) is 0 Å². The Morgan fingerprint density at radius 1 is 1.17 bits per heavy atom. The Morgan fingerprint density at radius 3 is 2.61 bits per heavy atom. The minimum absolute atomic E-state index is 0.215. The molecule has 0 aliphatic heterocycles. The summed E-state index contributed by atoms with van der Waals surface area (Å²) >= 11 is 0. The summed E-state index contributed by atoms with van der Waals surface area (Å²) in [6.07, 6.45) is 1.93. The van der Waals surface area contributed by atoms with E-state index in [0.29, 0.717) is 17.0 Å². The Balaban J connectivity index is 2.28. The molecule has 0 saturated heterocycles. The maximum atomic E-state index is 9.45. The van der Waals surface area contributed by atoms with E-state index in [2.05, 4.69) is 11.1 Å². The molecule has 0 atom stereocenters. The second-order valence-corrected chi connectivity index (χ2v) is 5.13. The smallest absolute Gasteiger partial charge is 0.142 e. The maximum Gasteiger partial charge on any atom is 0.142 e. The first kappa shape index (κ1) is 14.7. The third-order valence-corrected chi connectivity index (χ3v) is 3.76. The molecule has 0 amide bonds. The second kappa shape index (κ2) is 5.85. The monoisotopic (exact) mass is 304 g/mol. The summed E-state index contributed by atoms with van der Waals surface area (Å²) < 4.78 is 7.35. The second-order valence-electron chi connectivity index (χ2n) is 5.13. The van der Waals surface area contributed by atoms with Gasteiger partial charge in [-0.2, -0.15) is 5.26 Å². The van der Waals surface area contributed by atoms with Gasteiger partial charge in [-0.25, -0.2) is 4.98 Å². The zero-order chi connectivity index (χ0) is 16.4. The first-order chi connectivity index (χ1) is 11.2. The van der Waals surface area contributed by atoms with Crippen molar-refractivity contribution in [2.45, 2.75) is 0 Å². The molecular weight excluding hydrogens is 288 g/mol. The van der Waals surface area contributed by atoms with Crippen molar-refractivity contribution in [3.8, 4) is 34.3 Å². The van der Waals surface area contributed by atoms with Crippen molar-refractivity contribution in [3.05, 3.63) is 54.2 Å². The lowest BCUT2D eigenvalue weighted by atomic mass is 10.0. The maximum absolute atomic E-state index is 9.45. The predicted octanol–water partition coefficient (Wildman–Crippen LogP) is 3.22. The Kier molecular flexibility index (Phi) is 3.73. The van der Waals surface area contributed by atoms with Crippen molar-refractivity contribution >= 4 is 5.82 Å². The van der Waals surface area contributed by atoms with Crippen molar-refractivity contribution in [3.63, 3.8) is 0 Å². The van der Waals surface area contributed by atoms with Crippen LogP contribution in [0.15, 0.2) is 48.7 Å². The molecule has 5 nitrogen and oxygen atoms in total. The molecule has 5 heteroatoms. The van der Waals surface area contributed by atoms with Crippen LogP contribution in [0.3, 0.4) is 0 Å². The van der Waals surface area contributed by atoms with Crippen molar-refractivity contribution in [1.82, 2.24) is 9.55 Å². The fourth-order valence-electron chi connectivity index (χ4n) is 2.62. The van der Waals surface area contributed by atoms with Crippen LogP contribution in [0, 0.1) is 11.3 Å². The van der Waals surface area contributed by atoms with E-state index in [1.54, 1.807) is 7.11 Å². The number of ether oxygens (including phenoxy) is 1. The van der Waals surface area contributed by atoms with E-state index in [4.69, 9.17) is 10.5 Å². The van der Waals surface area contributed by atoms with Gasteiger partial charge in [0.2, 0.25) is 0 Å². The van der Waals surface area contributed by atoms with Crippen molar-refractivity contribution in [2.75, 3.05) is 12.8 Å². The fraction of sp³-hybridized carbons (Fsp3) is 0.111. The van der Waals surface area contributed by atoms with Crippen LogP contribution >= 0.6 is 0 Å². The number of benzene rings is 1. The van der Waals surface area contributed by atoms with Gasteiger partial charge in [0.25, 0.3) is 0 Å². The van der Waals surface area contributed by atoms with E-state index in [-0.39, 0.29) is 5.82 Å². The first-order valence-electron chi connectivity index (χ1n) is 7.11. The van der Waals surface area contributed by atoms with Gasteiger partial charge < -0.3 is 15.0 Å². The summed E-state index contributed by atoms with van der Waals surface area (Å²) in [6.45, 7) is 0. The molecule has 23 heavy (non-hydrogen) atoms. The minimum atomic E-state index is 0.215. The van der Waals surface area contributed by atoms with Gasteiger partial charge in [0.05, 0.1) is 12.8 Å². The van der Waals surface area contributed by atoms with E-state index in [9.17, 15) is 5.26 Å². The molecule has 0 bridgehead atoms. The van der Waals surface area contributed by atoms with Crippen LogP contribution in [0.1, 0.15) is 5.56 Å². The van der Waals surface area contributed by atoms with Gasteiger partial charge >= 0.3 is 0 Å². The number of pyridine rings is 1. The number of nitrogen functional groups attached to an aromatic ring is 1. The molecule has 0 saturated carbocycles. The zero-order valence-electron chi connectivity index (χ0n) is 12.9. The third kappa shape index (κ3) is 2.51. The Labute approximate surface area is 134 Å². The lowest BCUT2D eigenvalue weighted by molar-refractivity contribution is 0.416.